The van der Waals surface area contributed by atoms with Gasteiger partial charge in [-0.3, -0.25) is 9.52 Å². The molecule has 0 bridgehead atoms. The minimum atomic E-state index is -4.72. The molecule has 6 nitrogen and oxygen atoms in total. The number of benzene rings is 1. The number of alkyl halides is 6. The highest BCUT2D eigenvalue weighted by Gasteiger charge is 2.42. The summed E-state index contributed by atoms with van der Waals surface area (Å²) in [5, 5.41) is 0. The third kappa shape index (κ3) is 7.61. The number of piperidine rings is 1. The maximum Gasteiger partial charge on any atom is 0.433 e. The summed E-state index contributed by atoms with van der Waals surface area (Å²) < 4.78 is 105. The molecule has 3 rings (SSSR count). The van der Waals surface area contributed by atoms with E-state index in [4.69, 9.17) is 0 Å². The Morgan fingerprint density at radius 3 is 2.26 bits per heavy atom. The summed E-state index contributed by atoms with van der Waals surface area (Å²) in [6, 6.07) is 6.91. The number of hydrogen-bond acceptors (Lipinski definition) is 5. The summed E-state index contributed by atoms with van der Waals surface area (Å²) in [6.07, 6.45) is -8.53. The summed E-state index contributed by atoms with van der Waals surface area (Å²) in [5.41, 5.74) is 0.848. The Balaban J connectivity index is 1.76. The van der Waals surface area contributed by atoms with Gasteiger partial charge in [-0.05, 0) is 55.0 Å². The molecule has 0 radical (unpaired) electrons. The van der Waals surface area contributed by atoms with E-state index >= 15 is 0 Å². The molecule has 1 aliphatic rings. The van der Waals surface area contributed by atoms with E-state index in [1.165, 1.54) is 11.0 Å². The molecule has 1 aromatic carbocycles. The number of nitrogens with zero attached hydrogens (tertiary/aromatic N) is 2. The summed E-state index contributed by atoms with van der Waals surface area (Å²) in [4.78, 5) is 18.1. The van der Waals surface area contributed by atoms with Crippen molar-refractivity contribution < 1.29 is 39.6 Å². The van der Waals surface area contributed by atoms with Crippen molar-refractivity contribution in [1.82, 2.24) is 4.98 Å². The van der Waals surface area contributed by atoms with Gasteiger partial charge < -0.3 is 4.90 Å². The maximum absolute atomic E-state index is 13.3. The van der Waals surface area contributed by atoms with E-state index in [1.807, 2.05) is 0 Å². The number of Topliss-reactive ketones (excluding diaryl/α,β-unsaturated/α-hetero) is 1. The van der Waals surface area contributed by atoms with Gasteiger partial charge in [-0.2, -0.15) is 26.3 Å². The van der Waals surface area contributed by atoms with Gasteiger partial charge in [0.1, 0.15) is 17.3 Å². The Bertz CT molecular complexity index is 1270. The number of nitrogens with one attached hydrogen (secondary N) is 1. The van der Waals surface area contributed by atoms with Gasteiger partial charge in [-0.1, -0.05) is 25.1 Å². The van der Waals surface area contributed by atoms with Crippen molar-refractivity contribution in [3.63, 3.8) is 0 Å². The number of ketones is 1. The molecule has 0 spiro atoms. The van der Waals surface area contributed by atoms with Crippen LogP contribution < -0.4 is 9.62 Å². The van der Waals surface area contributed by atoms with Crippen LogP contribution in [-0.2, 0) is 27.4 Å². The average Bonchev–Trinajstić information content (AvgIpc) is 2.81. The van der Waals surface area contributed by atoms with E-state index < -0.39 is 39.9 Å². The van der Waals surface area contributed by atoms with E-state index in [1.54, 1.807) is 32.0 Å². The first-order valence-corrected chi connectivity index (χ1v) is 13.8. The van der Waals surface area contributed by atoms with Crippen molar-refractivity contribution in [2.45, 2.75) is 57.8 Å². The van der Waals surface area contributed by atoms with Crippen LogP contribution >= 0.6 is 0 Å². The van der Waals surface area contributed by atoms with Gasteiger partial charge in [-0.25, -0.2) is 13.4 Å². The standard InChI is InChI=1S/C25H29F6N3O3S/c1-15-14-18(4-7-20(15)33-38(3,36)37)16(2)21(35)8-5-17-6-9-22(25(29,30)31)32-23(17)34-12-10-19(11-13-34)24(26,27)28/h4,6-7,9,14,16,19,33H,5,8,10-13H2,1-3H3. The first-order valence-electron chi connectivity index (χ1n) is 12.0. The van der Waals surface area contributed by atoms with Gasteiger partial charge in [0.05, 0.1) is 17.9 Å². The molecule has 38 heavy (non-hydrogen) atoms. The monoisotopic (exact) mass is 565 g/mol. The lowest BCUT2D eigenvalue weighted by molar-refractivity contribution is -0.179. The minimum Gasteiger partial charge on any atom is -0.356 e. The summed E-state index contributed by atoms with van der Waals surface area (Å²) in [5.74, 6) is -2.34. The highest BCUT2D eigenvalue weighted by atomic mass is 32.2. The molecule has 2 heterocycles. The van der Waals surface area contributed by atoms with Crippen molar-refractivity contribution in [3.8, 4) is 0 Å². The number of pyridine rings is 1. The molecular formula is C25H29F6N3O3S. The minimum absolute atomic E-state index is 0.0252. The molecular weight excluding hydrogens is 536 g/mol. The zero-order chi connectivity index (χ0) is 28.5. The number of hydrogen-bond donors (Lipinski definition) is 1. The van der Waals surface area contributed by atoms with Gasteiger partial charge >= 0.3 is 12.4 Å². The number of carbonyl (C=O) groups is 1. The van der Waals surface area contributed by atoms with Crippen LogP contribution in [0.1, 0.15) is 54.5 Å². The lowest BCUT2D eigenvalue weighted by Crippen LogP contribution is -2.40. The Morgan fingerprint density at radius 1 is 1.11 bits per heavy atom. The van der Waals surface area contributed by atoms with Crippen LogP contribution in [0.2, 0.25) is 0 Å². The number of aromatic nitrogens is 1. The van der Waals surface area contributed by atoms with Gasteiger partial charge in [0.2, 0.25) is 10.0 Å². The SMILES string of the molecule is Cc1cc(C(C)C(=O)CCc2ccc(C(F)(F)F)nc2N2CCC(C(F)(F)F)CC2)ccc1NS(C)(=O)=O. The molecule has 0 saturated carbocycles. The first-order chi connectivity index (χ1) is 17.5. The summed E-state index contributed by atoms with van der Waals surface area (Å²) >= 11 is 0. The quantitative estimate of drug-likeness (QED) is 0.406. The maximum atomic E-state index is 13.3. The van der Waals surface area contributed by atoms with Crippen LogP contribution in [0.3, 0.4) is 0 Å². The largest absolute Gasteiger partial charge is 0.433 e. The van der Waals surface area contributed by atoms with Crippen molar-refractivity contribution in [1.29, 1.82) is 0 Å². The van der Waals surface area contributed by atoms with Gasteiger partial charge in [0.25, 0.3) is 0 Å². The first kappa shape index (κ1) is 29.7. The Kier molecular flexibility index (Phi) is 8.69. The summed E-state index contributed by atoms with van der Waals surface area (Å²) in [7, 11) is -3.48. The predicted octanol–water partition coefficient (Wildman–Crippen LogP) is 5.86. The van der Waals surface area contributed by atoms with E-state index in [0.717, 1.165) is 12.3 Å². The molecule has 1 aromatic heterocycles. The van der Waals surface area contributed by atoms with E-state index in [9.17, 15) is 39.6 Å². The van der Waals surface area contributed by atoms with Crippen LogP contribution in [0.5, 0.6) is 0 Å². The molecule has 1 fully saturated rings. The number of halogens is 6. The highest BCUT2D eigenvalue weighted by molar-refractivity contribution is 7.92. The predicted molar refractivity (Wildman–Crippen MR) is 132 cm³/mol. The zero-order valence-corrected chi connectivity index (χ0v) is 21.9. The highest BCUT2D eigenvalue weighted by Crippen LogP contribution is 2.37. The van der Waals surface area contributed by atoms with Crippen molar-refractivity contribution in [2.75, 3.05) is 29.0 Å². The van der Waals surface area contributed by atoms with E-state index in [-0.39, 0.29) is 50.4 Å². The number of carbonyl (C=O) groups excluding carboxylic acids is 1. The fourth-order valence-electron chi connectivity index (χ4n) is 4.45. The Hall–Kier alpha value is -2.83. The fraction of sp³-hybridized carbons (Fsp3) is 0.520. The van der Waals surface area contributed by atoms with E-state index in [0.29, 0.717) is 22.4 Å². The third-order valence-corrected chi connectivity index (χ3v) is 7.26. The van der Waals surface area contributed by atoms with Gasteiger partial charge in [0.15, 0.2) is 0 Å². The molecule has 13 heteroatoms. The molecule has 2 aromatic rings. The Labute approximate surface area is 217 Å². The van der Waals surface area contributed by atoms with Crippen LogP contribution in [0.4, 0.5) is 37.8 Å². The second-order valence-corrected chi connectivity index (χ2v) is 11.4. The number of rotatable bonds is 8. The molecule has 1 saturated heterocycles. The number of aryl methyl sites for hydroxylation is 2. The second kappa shape index (κ2) is 11.1. The van der Waals surface area contributed by atoms with E-state index in [2.05, 4.69) is 9.71 Å². The third-order valence-electron chi connectivity index (χ3n) is 6.67. The fourth-order valence-corrected chi connectivity index (χ4v) is 5.08. The second-order valence-electron chi connectivity index (χ2n) is 9.62. The average molecular weight is 566 g/mol. The lowest BCUT2D eigenvalue weighted by atomic mass is 9.91. The van der Waals surface area contributed by atoms with Crippen LogP contribution in [0, 0.1) is 12.8 Å². The topological polar surface area (TPSA) is 79.4 Å². The summed E-state index contributed by atoms with van der Waals surface area (Å²) in [6.45, 7) is 3.18. The lowest BCUT2D eigenvalue weighted by Gasteiger charge is -2.35. The normalized spacial score (nSPS) is 16.4. The molecule has 1 aliphatic heterocycles. The van der Waals surface area contributed by atoms with Crippen molar-refractivity contribution >= 4 is 27.3 Å². The van der Waals surface area contributed by atoms with Gasteiger partial charge in [-0.15, -0.1) is 0 Å². The molecule has 1 atom stereocenters. The number of anilines is 2. The van der Waals surface area contributed by atoms with Crippen molar-refractivity contribution in [3.05, 3.63) is 52.7 Å². The number of sulfonamides is 1. The van der Waals surface area contributed by atoms with Crippen molar-refractivity contribution in [2.24, 2.45) is 5.92 Å². The van der Waals surface area contributed by atoms with Gasteiger partial charge in [0, 0.05) is 25.4 Å². The smallest absolute Gasteiger partial charge is 0.356 e. The van der Waals surface area contributed by atoms with Crippen LogP contribution in [0.15, 0.2) is 30.3 Å². The molecule has 0 amide bonds. The van der Waals surface area contributed by atoms with Crippen LogP contribution in [-0.4, -0.2) is 44.7 Å². The molecule has 1 unspecified atom stereocenters. The zero-order valence-electron chi connectivity index (χ0n) is 21.1. The van der Waals surface area contributed by atoms with Crippen LogP contribution in [0.25, 0.3) is 0 Å². The molecule has 210 valence electrons. The molecule has 0 aliphatic carbocycles. The molecule has 1 N–H and O–H groups in total. The Morgan fingerprint density at radius 2 is 1.74 bits per heavy atom.